The number of methoxy groups -OCH3 is 1. The zero-order valence-corrected chi connectivity index (χ0v) is 18.3. The van der Waals surface area contributed by atoms with Crippen LogP contribution in [0.1, 0.15) is 21.5 Å². The standard InChI is InChI=1S/C21H19N3O5S2/c1-12-3-6-14(7-4-12)19(26)23-24-20(27)17(31-21(24)30)10-13-5-8-15(16(9-13)28-2)29-11-18(22)25/h3-10H,11H2,1-2H3,(H2,22,25)(H,23,26)/b17-10-. The van der Waals surface area contributed by atoms with Gasteiger partial charge in [0.25, 0.3) is 17.7 Å². The first kappa shape index (κ1) is 22.3. The van der Waals surface area contributed by atoms with E-state index in [4.69, 9.17) is 27.4 Å². The normalized spacial score (nSPS) is 14.6. The van der Waals surface area contributed by atoms with E-state index < -0.39 is 17.7 Å². The third kappa shape index (κ3) is 5.41. The molecular formula is C21H19N3O5S2. The number of ether oxygens (including phenoxy) is 2. The Labute approximate surface area is 188 Å². The fourth-order valence-corrected chi connectivity index (χ4v) is 3.81. The van der Waals surface area contributed by atoms with Crippen LogP contribution in [0.15, 0.2) is 47.4 Å². The summed E-state index contributed by atoms with van der Waals surface area (Å²) in [6, 6.07) is 11.9. The fourth-order valence-electron chi connectivity index (χ4n) is 2.63. The smallest absolute Gasteiger partial charge is 0.285 e. The highest BCUT2D eigenvalue weighted by molar-refractivity contribution is 8.26. The second kappa shape index (κ2) is 9.63. The molecule has 1 heterocycles. The number of nitrogens with zero attached hydrogens (tertiary/aromatic N) is 1. The molecule has 1 saturated heterocycles. The minimum absolute atomic E-state index is 0.213. The number of carbonyl (C=O) groups is 3. The van der Waals surface area contributed by atoms with Crippen LogP contribution >= 0.6 is 24.0 Å². The summed E-state index contributed by atoms with van der Waals surface area (Å²) in [7, 11) is 1.45. The van der Waals surface area contributed by atoms with E-state index in [1.807, 2.05) is 19.1 Å². The number of hydrogen-bond donors (Lipinski definition) is 2. The number of primary amides is 1. The Balaban J connectivity index is 1.75. The SMILES string of the molecule is COc1cc(/C=C2\SC(=S)N(NC(=O)c3ccc(C)cc3)C2=O)ccc1OCC(N)=O. The lowest BCUT2D eigenvalue weighted by atomic mass is 10.1. The van der Waals surface area contributed by atoms with Crippen LogP contribution in [-0.2, 0) is 9.59 Å². The van der Waals surface area contributed by atoms with Crippen LogP contribution in [0, 0.1) is 6.92 Å². The van der Waals surface area contributed by atoms with Gasteiger partial charge >= 0.3 is 0 Å². The van der Waals surface area contributed by atoms with Gasteiger partial charge in [0.2, 0.25) is 0 Å². The number of aryl methyl sites for hydroxylation is 1. The van der Waals surface area contributed by atoms with Crippen LogP contribution in [0.4, 0.5) is 0 Å². The van der Waals surface area contributed by atoms with Crippen LogP contribution in [0.2, 0.25) is 0 Å². The van der Waals surface area contributed by atoms with Gasteiger partial charge in [-0.2, -0.15) is 5.01 Å². The van der Waals surface area contributed by atoms with E-state index in [0.717, 1.165) is 22.3 Å². The topological polar surface area (TPSA) is 111 Å². The lowest BCUT2D eigenvalue weighted by Gasteiger charge is -2.15. The van der Waals surface area contributed by atoms with Crippen molar-refractivity contribution in [3.63, 3.8) is 0 Å². The lowest BCUT2D eigenvalue weighted by Crippen LogP contribution is -2.44. The summed E-state index contributed by atoms with van der Waals surface area (Å²) in [5.41, 5.74) is 9.71. The molecule has 1 aliphatic rings. The number of hydrazine groups is 1. The zero-order valence-electron chi connectivity index (χ0n) is 16.7. The number of hydrogen-bond acceptors (Lipinski definition) is 7. The van der Waals surface area contributed by atoms with E-state index in [9.17, 15) is 14.4 Å². The van der Waals surface area contributed by atoms with Crippen molar-refractivity contribution in [1.82, 2.24) is 10.4 Å². The number of nitrogens with two attached hydrogens (primary N) is 1. The van der Waals surface area contributed by atoms with Gasteiger partial charge in [0.15, 0.2) is 22.4 Å². The largest absolute Gasteiger partial charge is 0.493 e. The van der Waals surface area contributed by atoms with Crippen molar-refractivity contribution in [2.45, 2.75) is 6.92 Å². The van der Waals surface area contributed by atoms with Crippen LogP contribution < -0.4 is 20.6 Å². The van der Waals surface area contributed by atoms with E-state index in [0.29, 0.717) is 27.5 Å². The Morgan fingerprint density at radius 3 is 2.55 bits per heavy atom. The highest BCUT2D eigenvalue weighted by Gasteiger charge is 2.33. The maximum Gasteiger partial charge on any atom is 0.285 e. The Bertz CT molecular complexity index is 1080. The molecule has 10 heteroatoms. The van der Waals surface area contributed by atoms with Crippen molar-refractivity contribution in [1.29, 1.82) is 0 Å². The molecule has 0 bridgehead atoms. The summed E-state index contributed by atoms with van der Waals surface area (Å²) in [5.74, 6) is -0.768. The first-order valence-corrected chi connectivity index (χ1v) is 10.3. The fraction of sp³-hybridized carbons (Fsp3) is 0.143. The monoisotopic (exact) mass is 457 g/mol. The number of benzene rings is 2. The summed E-state index contributed by atoms with van der Waals surface area (Å²) in [6.45, 7) is 1.63. The molecule has 3 amide bonds. The van der Waals surface area contributed by atoms with Gasteiger partial charge in [0.1, 0.15) is 0 Å². The van der Waals surface area contributed by atoms with Gasteiger partial charge in [-0.05, 0) is 55.0 Å². The van der Waals surface area contributed by atoms with Crippen molar-refractivity contribution in [3.05, 3.63) is 64.1 Å². The molecule has 0 saturated carbocycles. The van der Waals surface area contributed by atoms with Gasteiger partial charge in [-0.25, -0.2) is 0 Å². The molecule has 1 fully saturated rings. The molecule has 8 nitrogen and oxygen atoms in total. The van der Waals surface area contributed by atoms with Gasteiger partial charge in [-0.1, -0.05) is 35.5 Å². The van der Waals surface area contributed by atoms with Crippen LogP contribution in [0.3, 0.4) is 0 Å². The molecule has 0 spiro atoms. The number of thiocarbonyl (C=S) groups is 1. The molecule has 3 N–H and O–H groups in total. The molecule has 2 aromatic carbocycles. The molecule has 160 valence electrons. The quantitative estimate of drug-likeness (QED) is 0.485. The molecule has 2 aromatic rings. The third-order valence-electron chi connectivity index (χ3n) is 4.18. The summed E-state index contributed by atoms with van der Waals surface area (Å²) in [6.07, 6.45) is 1.62. The maximum absolute atomic E-state index is 12.8. The van der Waals surface area contributed by atoms with E-state index in [-0.39, 0.29) is 10.9 Å². The van der Waals surface area contributed by atoms with Crippen molar-refractivity contribution < 1.29 is 23.9 Å². The molecule has 0 unspecified atom stereocenters. The van der Waals surface area contributed by atoms with Crippen molar-refractivity contribution in [2.24, 2.45) is 5.73 Å². The van der Waals surface area contributed by atoms with Gasteiger partial charge in [-0.15, -0.1) is 0 Å². The number of amides is 3. The number of carbonyl (C=O) groups excluding carboxylic acids is 3. The molecule has 3 rings (SSSR count). The van der Waals surface area contributed by atoms with Gasteiger partial charge < -0.3 is 15.2 Å². The maximum atomic E-state index is 12.8. The predicted octanol–water partition coefficient (Wildman–Crippen LogP) is 2.41. The van der Waals surface area contributed by atoms with Gasteiger partial charge in [0, 0.05) is 5.56 Å². The summed E-state index contributed by atoms with van der Waals surface area (Å²) in [5, 5.41) is 1.05. The molecule has 1 aliphatic heterocycles. The minimum atomic E-state index is -0.609. The van der Waals surface area contributed by atoms with E-state index >= 15 is 0 Å². The van der Waals surface area contributed by atoms with Gasteiger partial charge in [0.05, 0.1) is 12.0 Å². The number of nitrogens with one attached hydrogen (secondary N) is 1. The molecule has 0 radical (unpaired) electrons. The van der Waals surface area contributed by atoms with Crippen LogP contribution in [0.5, 0.6) is 11.5 Å². The van der Waals surface area contributed by atoms with Crippen molar-refractivity contribution >= 4 is 52.1 Å². The Hall–Kier alpha value is -3.37. The minimum Gasteiger partial charge on any atom is -0.493 e. The average Bonchev–Trinajstić information content (AvgIpc) is 3.00. The van der Waals surface area contributed by atoms with Crippen LogP contribution in [0.25, 0.3) is 6.08 Å². The second-order valence-electron chi connectivity index (χ2n) is 6.49. The molecule has 0 aliphatic carbocycles. The van der Waals surface area contributed by atoms with Gasteiger partial charge in [-0.3, -0.25) is 19.8 Å². The summed E-state index contributed by atoms with van der Waals surface area (Å²) < 4.78 is 10.8. The zero-order chi connectivity index (χ0) is 22.5. The number of rotatable bonds is 7. The molecule has 0 atom stereocenters. The summed E-state index contributed by atoms with van der Waals surface area (Å²) >= 11 is 6.32. The molecular weight excluding hydrogens is 438 g/mol. The van der Waals surface area contributed by atoms with E-state index in [2.05, 4.69) is 5.43 Å². The Morgan fingerprint density at radius 1 is 1.19 bits per heavy atom. The Morgan fingerprint density at radius 2 is 1.90 bits per heavy atom. The first-order valence-electron chi connectivity index (χ1n) is 9.03. The second-order valence-corrected chi connectivity index (χ2v) is 8.17. The lowest BCUT2D eigenvalue weighted by molar-refractivity contribution is -0.123. The molecule has 0 aromatic heterocycles. The van der Waals surface area contributed by atoms with Crippen LogP contribution in [-0.4, -0.2) is 40.8 Å². The highest BCUT2D eigenvalue weighted by atomic mass is 32.2. The highest BCUT2D eigenvalue weighted by Crippen LogP contribution is 2.34. The van der Waals surface area contributed by atoms with Crippen molar-refractivity contribution in [2.75, 3.05) is 13.7 Å². The Kier molecular flexibility index (Phi) is 6.93. The average molecular weight is 458 g/mol. The van der Waals surface area contributed by atoms with E-state index in [1.165, 1.54) is 7.11 Å². The number of thioether (sulfide) groups is 1. The molecule has 31 heavy (non-hydrogen) atoms. The van der Waals surface area contributed by atoms with E-state index in [1.54, 1.807) is 36.4 Å². The predicted molar refractivity (Wildman–Crippen MR) is 121 cm³/mol. The first-order chi connectivity index (χ1) is 14.8. The van der Waals surface area contributed by atoms with Crippen molar-refractivity contribution in [3.8, 4) is 11.5 Å². The summed E-state index contributed by atoms with van der Waals surface area (Å²) in [4.78, 5) is 36.5. The third-order valence-corrected chi connectivity index (χ3v) is 5.48.